The van der Waals surface area contributed by atoms with Crippen LogP contribution in [0.1, 0.15) is 37.4 Å². The van der Waals surface area contributed by atoms with E-state index in [1.807, 2.05) is 13.2 Å². The van der Waals surface area contributed by atoms with Gasteiger partial charge in [0.25, 0.3) is 0 Å². The van der Waals surface area contributed by atoms with Gasteiger partial charge in [0.15, 0.2) is 0 Å². The third kappa shape index (κ3) is 3.58. The largest absolute Gasteiger partial charge is 0.363 e. The minimum atomic E-state index is 0.286. The highest BCUT2D eigenvalue weighted by Gasteiger charge is 2.13. The molecule has 0 spiro atoms. The number of aromatic nitrogens is 1. The van der Waals surface area contributed by atoms with Gasteiger partial charge in [-0.2, -0.15) is 0 Å². The number of pyridine rings is 1. The molecule has 0 aliphatic carbocycles. The van der Waals surface area contributed by atoms with E-state index >= 15 is 0 Å². The van der Waals surface area contributed by atoms with E-state index in [-0.39, 0.29) is 6.04 Å². The molecular weight excluding hydrogens is 266 g/mol. The third-order valence-electron chi connectivity index (χ3n) is 3.51. The van der Waals surface area contributed by atoms with E-state index in [0.717, 1.165) is 12.2 Å². The molecule has 2 heterocycles. The molecule has 4 heteroatoms. The second kappa shape index (κ2) is 6.86. The fraction of sp³-hybridized carbons (Fsp3) is 0.438. The molecule has 0 bridgehead atoms. The molecule has 0 saturated carbocycles. The van der Waals surface area contributed by atoms with E-state index in [4.69, 9.17) is 0 Å². The SMILES string of the molecule is CNC(C)c1ccc(N(Cc2cccs2)C(C)C)cn1. The van der Waals surface area contributed by atoms with Crippen molar-refractivity contribution in [3.05, 3.63) is 46.4 Å². The molecule has 20 heavy (non-hydrogen) atoms. The molecule has 2 aromatic heterocycles. The molecule has 0 fully saturated rings. The monoisotopic (exact) mass is 289 g/mol. The van der Waals surface area contributed by atoms with Gasteiger partial charge in [0, 0.05) is 17.0 Å². The summed E-state index contributed by atoms with van der Waals surface area (Å²) in [4.78, 5) is 8.34. The highest BCUT2D eigenvalue weighted by Crippen LogP contribution is 2.22. The maximum Gasteiger partial charge on any atom is 0.0571 e. The van der Waals surface area contributed by atoms with Gasteiger partial charge in [-0.25, -0.2) is 0 Å². The topological polar surface area (TPSA) is 28.2 Å². The van der Waals surface area contributed by atoms with E-state index in [1.165, 1.54) is 10.6 Å². The average Bonchev–Trinajstić information content (AvgIpc) is 2.97. The third-order valence-corrected chi connectivity index (χ3v) is 4.37. The van der Waals surface area contributed by atoms with Gasteiger partial charge in [0.05, 0.1) is 24.1 Å². The molecule has 3 nitrogen and oxygen atoms in total. The van der Waals surface area contributed by atoms with E-state index in [1.54, 1.807) is 11.3 Å². The number of thiophene rings is 1. The van der Waals surface area contributed by atoms with Crippen molar-refractivity contribution < 1.29 is 0 Å². The zero-order valence-corrected chi connectivity index (χ0v) is 13.4. The number of hydrogen-bond acceptors (Lipinski definition) is 4. The van der Waals surface area contributed by atoms with Gasteiger partial charge in [-0.3, -0.25) is 4.98 Å². The van der Waals surface area contributed by atoms with Gasteiger partial charge < -0.3 is 10.2 Å². The lowest BCUT2D eigenvalue weighted by molar-refractivity contribution is 0.630. The van der Waals surface area contributed by atoms with Crippen LogP contribution < -0.4 is 10.2 Å². The van der Waals surface area contributed by atoms with Crippen molar-refractivity contribution >= 4 is 17.0 Å². The first-order chi connectivity index (χ1) is 9.61. The van der Waals surface area contributed by atoms with Crippen LogP contribution in [-0.2, 0) is 6.54 Å². The summed E-state index contributed by atoms with van der Waals surface area (Å²) in [6, 6.07) is 9.31. The van der Waals surface area contributed by atoms with E-state index in [9.17, 15) is 0 Å². The van der Waals surface area contributed by atoms with Crippen LogP contribution >= 0.6 is 11.3 Å². The zero-order chi connectivity index (χ0) is 14.5. The van der Waals surface area contributed by atoms with Gasteiger partial charge in [-0.05, 0) is 51.4 Å². The van der Waals surface area contributed by atoms with Crippen LogP contribution in [0.15, 0.2) is 35.8 Å². The Hall–Kier alpha value is -1.39. The Balaban J connectivity index is 2.17. The summed E-state index contributed by atoms with van der Waals surface area (Å²) in [6.07, 6.45) is 1.98. The van der Waals surface area contributed by atoms with Crippen molar-refractivity contribution in [3.8, 4) is 0 Å². The first kappa shape index (κ1) is 15.0. The number of hydrogen-bond donors (Lipinski definition) is 1. The van der Waals surface area contributed by atoms with Crippen molar-refractivity contribution in [1.82, 2.24) is 10.3 Å². The van der Waals surface area contributed by atoms with Crippen LogP contribution in [0.2, 0.25) is 0 Å². The molecule has 2 aromatic rings. The fourth-order valence-electron chi connectivity index (χ4n) is 2.11. The summed E-state index contributed by atoms with van der Waals surface area (Å²) < 4.78 is 0. The van der Waals surface area contributed by atoms with Crippen LogP contribution in [0, 0.1) is 0 Å². The molecule has 0 amide bonds. The van der Waals surface area contributed by atoms with Gasteiger partial charge in [0.2, 0.25) is 0 Å². The van der Waals surface area contributed by atoms with Crippen molar-refractivity contribution in [2.75, 3.05) is 11.9 Å². The zero-order valence-electron chi connectivity index (χ0n) is 12.6. The predicted octanol–water partition coefficient (Wildman–Crippen LogP) is 3.84. The number of nitrogens with one attached hydrogen (secondary N) is 1. The molecule has 0 aromatic carbocycles. The molecular formula is C16H23N3S. The molecule has 2 rings (SSSR count). The average molecular weight is 289 g/mol. The molecule has 1 unspecified atom stereocenters. The van der Waals surface area contributed by atoms with Gasteiger partial charge in [-0.15, -0.1) is 11.3 Å². The van der Waals surface area contributed by atoms with Crippen LogP contribution in [-0.4, -0.2) is 18.1 Å². The second-order valence-corrected chi connectivity index (χ2v) is 6.28. The van der Waals surface area contributed by atoms with Gasteiger partial charge in [-0.1, -0.05) is 6.07 Å². The first-order valence-electron chi connectivity index (χ1n) is 7.04. The summed E-state index contributed by atoms with van der Waals surface area (Å²) in [6.45, 7) is 7.50. The Labute approximate surface area is 125 Å². The van der Waals surface area contributed by atoms with Crippen LogP contribution in [0.25, 0.3) is 0 Å². The summed E-state index contributed by atoms with van der Waals surface area (Å²) in [5.74, 6) is 0. The quantitative estimate of drug-likeness (QED) is 0.876. The second-order valence-electron chi connectivity index (χ2n) is 5.25. The van der Waals surface area contributed by atoms with Crippen molar-refractivity contribution in [1.29, 1.82) is 0 Å². The number of anilines is 1. The van der Waals surface area contributed by atoms with Gasteiger partial charge >= 0.3 is 0 Å². The number of rotatable bonds is 6. The first-order valence-corrected chi connectivity index (χ1v) is 7.92. The van der Waals surface area contributed by atoms with E-state index in [0.29, 0.717) is 6.04 Å². The van der Waals surface area contributed by atoms with Crippen LogP contribution in [0.4, 0.5) is 5.69 Å². The Morgan fingerprint density at radius 3 is 2.55 bits per heavy atom. The normalized spacial score (nSPS) is 12.7. The predicted molar refractivity (Wildman–Crippen MR) is 87.3 cm³/mol. The van der Waals surface area contributed by atoms with Crippen molar-refractivity contribution in [2.24, 2.45) is 0 Å². The Kier molecular flexibility index (Phi) is 5.15. The molecule has 0 aliphatic heterocycles. The lowest BCUT2D eigenvalue weighted by Gasteiger charge is -2.28. The lowest BCUT2D eigenvalue weighted by atomic mass is 10.2. The minimum absolute atomic E-state index is 0.286. The van der Waals surface area contributed by atoms with E-state index < -0.39 is 0 Å². The Morgan fingerprint density at radius 1 is 1.25 bits per heavy atom. The highest BCUT2D eigenvalue weighted by molar-refractivity contribution is 7.09. The minimum Gasteiger partial charge on any atom is -0.363 e. The highest BCUT2D eigenvalue weighted by atomic mass is 32.1. The maximum atomic E-state index is 4.58. The summed E-state index contributed by atoms with van der Waals surface area (Å²) in [5, 5.41) is 5.34. The molecule has 0 saturated heterocycles. The van der Waals surface area contributed by atoms with E-state index in [2.05, 4.69) is 65.6 Å². The standard InChI is InChI=1S/C16H23N3S/c1-12(2)19(11-15-6-5-9-20-15)14-7-8-16(18-10-14)13(3)17-4/h5-10,12-13,17H,11H2,1-4H3. The molecule has 0 radical (unpaired) electrons. The van der Waals surface area contributed by atoms with Crippen LogP contribution in [0.5, 0.6) is 0 Å². The maximum absolute atomic E-state index is 4.58. The molecule has 1 N–H and O–H groups in total. The Morgan fingerprint density at radius 2 is 2.05 bits per heavy atom. The summed E-state index contributed by atoms with van der Waals surface area (Å²) in [7, 11) is 1.96. The molecule has 108 valence electrons. The Bertz CT molecular complexity index is 505. The summed E-state index contributed by atoms with van der Waals surface area (Å²) in [5.41, 5.74) is 2.26. The fourth-order valence-corrected chi connectivity index (χ4v) is 2.82. The summed E-state index contributed by atoms with van der Waals surface area (Å²) >= 11 is 1.80. The van der Waals surface area contributed by atoms with Crippen LogP contribution in [0.3, 0.4) is 0 Å². The molecule has 0 aliphatic rings. The van der Waals surface area contributed by atoms with Crippen molar-refractivity contribution in [2.45, 2.75) is 39.4 Å². The smallest absolute Gasteiger partial charge is 0.0571 e. The lowest BCUT2D eigenvalue weighted by Crippen LogP contribution is -2.30. The molecule has 1 atom stereocenters. The number of nitrogens with zero attached hydrogens (tertiary/aromatic N) is 2. The van der Waals surface area contributed by atoms with Crippen molar-refractivity contribution in [3.63, 3.8) is 0 Å². The van der Waals surface area contributed by atoms with Gasteiger partial charge in [0.1, 0.15) is 0 Å².